The van der Waals surface area contributed by atoms with Crippen LogP contribution in [0.25, 0.3) is 0 Å². The second kappa shape index (κ2) is 7.56. The van der Waals surface area contributed by atoms with E-state index in [-0.39, 0.29) is 40.0 Å². The van der Waals surface area contributed by atoms with E-state index in [1.165, 1.54) is 25.7 Å². The van der Waals surface area contributed by atoms with Gasteiger partial charge in [0.05, 0.1) is 6.10 Å². The third-order valence-electron chi connectivity index (χ3n) is 2.72. The van der Waals surface area contributed by atoms with E-state index in [1.807, 2.05) is 0 Å². The van der Waals surface area contributed by atoms with Gasteiger partial charge in [0.1, 0.15) is 0 Å². The summed E-state index contributed by atoms with van der Waals surface area (Å²) in [5.74, 6) is 1.02. The zero-order valence-electron chi connectivity index (χ0n) is 10.1. The summed E-state index contributed by atoms with van der Waals surface area (Å²) in [5.41, 5.74) is 2.33. The number of hydrogen-bond acceptors (Lipinski definition) is 1. The van der Waals surface area contributed by atoms with E-state index in [2.05, 4.69) is 32.0 Å². The first kappa shape index (κ1) is 16.3. The minimum absolute atomic E-state index is 0. The molecule has 0 amide bonds. The van der Waals surface area contributed by atoms with Crippen molar-refractivity contribution < 1.29 is 21.7 Å². The molecule has 0 bridgehead atoms. The molecule has 1 saturated carbocycles. The largest absolute Gasteiger partial charge is 2.00 e. The maximum Gasteiger partial charge on any atom is 2.00 e. The van der Waals surface area contributed by atoms with Crippen molar-refractivity contribution in [3.05, 3.63) is 29.3 Å². The van der Waals surface area contributed by atoms with Crippen LogP contribution in [0.5, 0.6) is 5.75 Å². The van der Waals surface area contributed by atoms with E-state index in [0.717, 1.165) is 16.9 Å². The van der Waals surface area contributed by atoms with Gasteiger partial charge in [0.15, 0.2) is 0 Å². The molecule has 16 heavy (non-hydrogen) atoms. The van der Waals surface area contributed by atoms with Crippen LogP contribution in [0.1, 0.15) is 36.8 Å². The van der Waals surface area contributed by atoms with Crippen molar-refractivity contribution in [3.8, 4) is 5.75 Å². The van der Waals surface area contributed by atoms with Crippen LogP contribution in [-0.2, 0) is 0 Å². The van der Waals surface area contributed by atoms with Crippen LogP contribution < -0.4 is 21.7 Å². The van der Waals surface area contributed by atoms with Crippen LogP contribution in [0.3, 0.4) is 0 Å². The Morgan fingerprint density at radius 2 is 1.62 bits per heavy atom. The minimum Gasteiger partial charge on any atom is -1.00 e. The molecule has 0 N–H and O–H groups in total. The molecule has 0 unspecified atom stereocenters. The predicted molar refractivity (Wildman–Crippen MR) is 63.4 cm³/mol. The van der Waals surface area contributed by atoms with Gasteiger partial charge in [-0.05, 0) is 25.7 Å². The van der Waals surface area contributed by atoms with Gasteiger partial charge < -0.3 is 21.7 Å². The fourth-order valence-electron chi connectivity index (χ4n) is 2.12. The molecular formula is C13H17BrMgO. The number of ether oxygens (including phenoxy) is 1. The molecule has 1 aliphatic carbocycles. The fourth-order valence-corrected chi connectivity index (χ4v) is 2.12. The molecule has 2 rings (SSSR count). The van der Waals surface area contributed by atoms with E-state index < -0.39 is 0 Å². The standard InChI is InChI=1S/C13H17O.BrH.Mg/c1-10-7-11(2)9-13(8-10)14-12-5-3-4-6-12;;/h8-9,12H,3-6H2,1-2H3;1H;/q-1;;+2/p-1. The van der Waals surface area contributed by atoms with Crippen molar-refractivity contribution in [2.45, 2.75) is 45.6 Å². The average molecular weight is 293 g/mol. The smallest absolute Gasteiger partial charge is 1.00 e. The zero-order valence-corrected chi connectivity index (χ0v) is 13.1. The van der Waals surface area contributed by atoms with Crippen molar-refractivity contribution >= 4 is 23.1 Å². The monoisotopic (exact) mass is 292 g/mol. The van der Waals surface area contributed by atoms with Gasteiger partial charge in [-0.2, -0.15) is 17.2 Å². The Bertz CT molecular complexity index is 301. The van der Waals surface area contributed by atoms with Crippen molar-refractivity contribution in [1.29, 1.82) is 0 Å². The molecule has 1 fully saturated rings. The average Bonchev–Trinajstić information content (AvgIpc) is 2.54. The SMILES string of the molecule is Cc1[c-]c(C)cc(OC2CCCC2)c1.[Br-].[Mg+2]. The van der Waals surface area contributed by atoms with Gasteiger partial charge in [-0.1, -0.05) is 13.8 Å². The Labute approximate surface area is 125 Å². The quantitative estimate of drug-likeness (QED) is 0.553. The van der Waals surface area contributed by atoms with Crippen LogP contribution >= 0.6 is 0 Å². The summed E-state index contributed by atoms with van der Waals surface area (Å²) < 4.78 is 5.92. The van der Waals surface area contributed by atoms with Gasteiger partial charge in [-0.15, -0.1) is 12.1 Å². The maximum atomic E-state index is 5.92. The van der Waals surface area contributed by atoms with E-state index in [0.29, 0.717) is 6.10 Å². The van der Waals surface area contributed by atoms with Crippen LogP contribution in [-0.4, -0.2) is 29.2 Å². The van der Waals surface area contributed by atoms with Crippen molar-refractivity contribution in [2.75, 3.05) is 0 Å². The molecule has 0 atom stereocenters. The predicted octanol–water partition coefficient (Wildman–Crippen LogP) is 0.0482. The molecule has 1 aliphatic rings. The summed E-state index contributed by atoms with van der Waals surface area (Å²) in [6.07, 6.45) is 5.53. The van der Waals surface area contributed by atoms with E-state index >= 15 is 0 Å². The molecule has 0 heterocycles. The van der Waals surface area contributed by atoms with E-state index in [1.54, 1.807) is 0 Å². The Morgan fingerprint density at radius 3 is 2.12 bits per heavy atom. The van der Waals surface area contributed by atoms with E-state index in [4.69, 9.17) is 4.74 Å². The summed E-state index contributed by atoms with van der Waals surface area (Å²) in [5, 5.41) is 0. The van der Waals surface area contributed by atoms with Gasteiger partial charge >= 0.3 is 23.1 Å². The number of benzene rings is 1. The summed E-state index contributed by atoms with van der Waals surface area (Å²) in [6, 6.07) is 7.40. The van der Waals surface area contributed by atoms with Gasteiger partial charge in [-0.25, -0.2) is 0 Å². The Hall–Kier alpha value is 0.266. The molecule has 1 nitrogen and oxygen atoms in total. The van der Waals surface area contributed by atoms with Crippen molar-refractivity contribution in [2.24, 2.45) is 0 Å². The first-order valence-electron chi connectivity index (χ1n) is 5.41. The van der Waals surface area contributed by atoms with Crippen molar-refractivity contribution in [1.82, 2.24) is 0 Å². The van der Waals surface area contributed by atoms with Crippen LogP contribution in [0.15, 0.2) is 12.1 Å². The first-order valence-corrected chi connectivity index (χ1v) is 5.41. The molecule has 0 saturated heterocycles. The molecule has 0 aromatic heterocycles. The fraction of sp³-hybridized carbons (Fsp3) is 0.538. The normalized spacial score (nSPS) is 15.1. The van der Waals surface area contributed by atoms with Gasteiger partial charge in [0.2, 0.25) is 0 Å². The Kier molecular flexibility index (Phi) is 7.69. The Morgan fingerprint density at radius 1 is 1.12 bits per heavy atom. The number of rotatable bonds is 2. The molecule has 0 spiro atoms. The Balaban J connectivity index is 0.00000112. The molecule has 3 heteroatoms. The van der Waals surface area contributed by atoms with Crippen LogP contribution in [0, 0.1) is 19.9 Å². The minimum atomic E-state index is 0. The molecule has 1 aromatic rings. The number of hydrogen-bond donors (Lipinski definition) is 0. The van der Waals surface area contributed by atoms with Gasteiger partial charge in [0.25, 0.3) is 0 Å². The molecule has 0 radical (unpaired) electrons. The molecule has 0 aliphatic heterocycles. The summed E-state index contributed by atoms with van der Waals surface area (Å²) in [7, 11) is 0. The van der Waals surface area contributed by atoms with Gasteiger partial charge in [0, 0.05) is 5.75 Å². The summed E-state index contributed by atoms with van der Waals surface area (Å²) in [6.45, 7) is 4.13. The van der Waals surface area contributed by atoms with Crippen LogP contribution in [0.4, 0.5) is 0 Å². The first-order chi connectivity index (χ1) is 6.74. The molecular weight excluding hydrogens is 276 g/mol. The summed E-state index contributed by atoms with van der Waals surface area (Å²) >= 11 is 0. The number of halogens is 1. The second-order valence-electron chi connectivity index (χ2n) is 4.21. The van der Waals surface area contributed by atoms with Gasteiger partial charge in [-0.3, -0.25) is 0 Å². The third-order valence-corrected chi connectivity index (χ3v) is 2.72. The van der Waals surface area contributed by atoms with Crippen molar-refractivity contribution in [3.63, 3.8) is 0 Å². The molecule has 84 valence electrons. The third kappa shape index (κ3) is 4.64. The van der Waals surface area contributed by atoms with E-state index in [9.17, 15) is 0 Å². The maximum absolute atomic E-state index is 5.92. The zero-order chi connectivity index (χ0) is 9.97. The topological polar surface area (TPSA) is 9.23 Å². The summed E-state index contributed by atoms with van der Waals surface area (Å²) in [4.78, 5) is 0. The number of aryl methyl sites for hydroxylation is 2. The molecule has 1 aromatic carbocycles. The second-order valence-corrected chi connectivity index (χ2v) is 4.21. The van der Waals surface area contributed by atoms with Crippen LogP contribution in [0.2, 0.25) is 0 Å².